The number of carbonyl (C=O) groups is 2. The molecule has 3 aliphatic heterocycles. The SMILES string of the molecule is CC1CCC2(N1)C(=O)N([C@H](C(=O)N1CCCC1)[C@@H](C)O)C2C. The lowest BCUT2D eigenvalue weighted by Crippen LogP contribution is -2.81. The van der Waals surface area contributed by atoms with Crippen molar-refractivity contribution in [2.75, 3.05) is 13.1 Å². The van der Waals surface area contributed by atoms with Crippen LogP contribution in [0.15, 0.2) is 0 Å². The summed E-state index contributed by atoms with van der Waals surface area (Å²) in [7, 11) is 0. The lowest BCUT2D eigenvalue weighted by molar-refractivity contribution is -0.176. The van der Waals surface area contributed by atoms with E-state index in [1.165, 1.54) is 0 Å². The quantitative estimate of drug-likeness (QED) is 0.725. The molecule has 0 aromatic carbocycles. The molecule has 3 rings (SSSR count). The first-order valence-electron chi connectivity index (χ1n) is 8.46. The number of aliphatic hydroxyl groups is 1. The zero-order chi connectivity index (χ0) is 16.1. The van der Waals surface area contributed by atoms with Crippen LogP contribution in [-0.2, 0) is 9.59 Å². The molecule has 3 aliphatic rings. The molecule has 3 saturated heterocycles. The maximum atomic E-state index is 12.8. The Hall–Kier alpha value is -1.14. The van der Waals surface area contributed by atoms with E-state index in [1.807, 2.05) is 6.92 Å². The standard InChI is InChI=1S/C16H27N3O3/c1-10-6-7-16(17-10)12(3)19(15(16)22)13(11(2)20)14(21)18-8-4-5-9-18/h10-13,17,20H,4-9H2,1-3H3/t10?,11-,12?,13+,16?/m1/s1. The maximum Gasteiger partial charge on any atom is 0.248 e. The number of likely N-dealkylation sites (tertiary alicyclic amines) is 2. The van der Waals surface area contributed by atoms with Crippen LogP contribution in [0.1, 0.15) is 46.5 Å². The van der Waals surface area contributed by atoms with Gasteiger partial charge in [-0.25, -0.2) is 0 Å². The van der Waals surface area contributed by atoms with Crippen molar-refractivity contribution in [2.45, 2.75) is 76.2 Å². The third-order valence-corrected chi connectivity index (χ3v) is 5.65. The monoisotopic (exact) mass is 309 g/mol. The average molecular weight is 309 g/mol. The minimum absolute atomic E-state index is 0.0252. The summed E-state index contributed by atoms with van der Waals surface area (Å²) in [6.45, 7) is 7.14. The molecular formula is C16H27N3O3. The van der Waals surface area contributed by atoms with E-state index >= 15 is 0 Å². The van der Waals surface area contributed by atoms with E-state index in [0.717, 1.165) is 38.8 Å². The van der Waals surface area contributed by atoms with Crippen LogP contribution in [0.5, 0.6) is 0 Å². The number of carbonyl (C=O) groups excluding carboxylic acids is 2. The van der Waals surface area contributed by atoms with Gasteiger partial charge in [0.25, 0.3) is 0 Å². The van der Waals surface area contributed by atoms with Crippen molar-refractivity contribution in [1.82, 2.24) is 15.1 Å². The molecule has 2 N–H and O–H groups in total. The van der Waals surface area contributed by atoms with E-state index in [2.05, 4.69) is 12.2 Å². The van der Waals surface area contributed by atoms with E-state index in [1.54, 1.807) is 16.7 Å². The zero-order valence-electron chi connectivity index (χ0n) is 13.7. The van der Waals surface area contributed by atoms with Crippen LogP contribution in [0.3, 0.4) is 0 Å². The van der Waals surface area contributed by atoms with Crippen molar-refractivity contribution in [3.8, 4) is 0 Å². The summed E-state index contributed by atoms with van der Waals surface area (Å²) in [4.78, 5) is 28.9. The molecule has 6 heteroatoms. The molecule has 0 bridgehead atoms. The molecule has 124 valence electrons. The van der Waals surface area contributed by atoms with Gasteiger partial charge in [0.1, 0.15) is 11.6 Å². The van der Waals surface area contributed by atoms with Crippen molar-refractivity contribution >= 4 is 11.8 Å². The van der Waals surface area contributed by atoms with Crippen LogP contribution < -0.4 is 5.32 Å². The fourth-order valence-electron chi connectivity index (χ4n) is 4.33. The lowest BCUT2D eigenvalue weighted by Gasteiger charge is -2.56. The Morgan fingerprint density at radius 2 is 2.00 bits per heavy atom. The third kappa shape index (κ3) is 2.15. The Bertz CT molecular complexity index is 475. The van der Waals surface area contributed by atoms with Crippen molar-refractivity contribution in [3.63, 3.8) is 0 Å². The third-order valence-electron chi connectivity index (χ3n) is 5.65. The maximum absolute atomic E-state index is 12.8. The molecule has 22 heavy (non-hydrogen) atoms. The molecule has 0 aromatic heterocycles. The first-order chi connectivity index (χ1) is 10.4. The number of β-lactam (4-membered cyclic amide) rings is 1. The first kappa shape index (κ1) is 15.7. The number of nitrogens with zero attached hydrogens (tertiary/aromatic N) is 2. The Morgan fingerprint density at radius 3 is 2.45 bits per heavy atom. The second kappa shape index (κ2) is 5.49. The van der Waals surface area contributed by atoms with Gasteiger partial charge in [-0.05, 0) is 46.5 Å². The van der Waals surface area contributed by atoms with E-state index in [-0.39, 0.29) is 17.9 Å². The highest BCUT2D eigenvalue weighted by atomic mass is 16.3. The van der Waals surface area contributed by atoms with Crippen LogP contribution in [0.2, 0.25) is 0 Å². The molecule has 3 heterocycles. The Labute approximate surface area is 131 Å². The minimum Gasteiger partial charge on any atom is -0.391 e. The highest BCUT2D eigenvalue weighted by Crippen LogP contribution is 2.41. The molecule has 3 unspecified atom stereocenters. The summed E-state index contributed by atoms with van der Waals surface area (Å²) < 4.78 is 0. The number of rotatable bonds is 3. The smallest absolute Gasteiger partial charge is 0.248 e. The second-order valence-corrected chi connectivity index (χ2v) is 7.16. The minimum atomic E-state index is -0.851. The van der Waals surface area contributed by atoms with Gasteiger partial charge in [-0.1, -0.05) is 0 Å². The number of nitrogens with one attached hydrogen (secondary N) is 1. The molecule has 0 saturated carbocycles. The van der Waals surface area contributed by atoms with E-state index in [0.29, 0.717) is 6.04 Å². The normalized spacial score (nSPS) is 37.5. The van der Waals surface area contributed by atoms with Gasteiger partial charge in [-0.2, -0.15) is 0 Å². The average Bonchev–Trinajstić information content (AvgIpc) is 3.13. The van der Waals surface area contributed by atoms with Crippen molar-refractivity contribution in [2.24, 2.45) is 0 Å². The van der Waals surface area contributed by atoms with Gasteiger partial charge in [0.15, 0.2) is 0 Å². The summed E-state index contributed by atoms with van der Waals surface area (Å²) >= 11 is 0. The van der Waals surface area contributed by atoms with Gasteiger partial charge >= 0.3 is 0 Å². The van der Waals surface area contributed by atoms with Gasteiger partial charge in [-0.3, -0.25) is 14.9 Å². The van der Waals surface area contributed by atoms with Gasteiger partial charge in [-0.15, -0.1) is 0 Å². The summed E-state index contributed by atoms with van der Waals surface area (Å²) in [6.07, 6.45) is 2.95. The van der Waals surface area contributed by atoms with Gasteiger partial charge < -0.3 is 14.9 Å². The lowest BCUT2D eigenvalue weighted by atomic mass is 9.76. The van der Waals surface area contributed by atoms with Crippen LogP contribution in [0.4, 0.5) is 0 Å². The summed E-state index contributed by atoms with van der Waals surface area (Å²) in [5.41, 5.74) is -0.516. The fourth-order valence-corrected chi connectivity index (χ4v) is 4.33. The van der Waals surface area contributed by atoms with E-state index < -0.39 is 17.7 Å². The fraction of sp³-hybridized carbons (Fsp3) is 0.875. The summed E-state index contributed by atoms with van der Waals surface area (Å²) in [5.74, 6) is -0.128. The predicted molar refractivity (Wildman–Crippen MR) is 82.2 cm³/mol. The van der Waals surface area contributed by atoms with Crippen LogP contribution >= 0.6 is 0 Å². The van der Waals surface area contributed by atoms with Gasteiger partial charge in [0.05, 0.1) is 12.1 Å². The molecular weight excluding hydrogens is 282 g/mol. The zero-order valence-corrected chi connectivity index (χ0v) is 13.7. The topological polar surface area (TPSA) is 72.9 Å². The van der Waals surface area contributed by atoms with Crippen molar-refractivity contribution < 1.29 is 14.7 Å². The van der Waals surface area contributed by atoms with Gasteiger partial charge in [0, 0.05) is 19.1 Å². The second-order valence-electron chi connectivity index (χ2n) is 7.16. The Kier molecular flexibility index (Phi) is 3.93. The molecule has 2 amide bonds. The highest BCUT2D eigenvalue weighted by molar-refractivity contribution is 5.99. The Balaban J connectivity index is 1.79. The largest absolute Gasteiger partial charge is 0.391 e. The molecule has 0 aliphatic carbocycles. The predicted octanol–water partition coefficient (Wildman–Crippen LogP) is 0.0996. The van der Waals surface area contributed by atoms with Crippen molar-refractivity contribution in [3.05, 3.63) is 0 Å². The van der Waals surface area contributed by atoms with Crippen LogP contribution in [0, 0.1) is 0 Å². The number of hydrogen-bond acceptors (Lipinski definition) is 4. The molecule has 5 atom stereocenters. The number of aliphatic hydroxyl groups excluding tert-OH is 1. The summed E-state index contributed by atoms with van der Waals surface area (Å²) in [5, 5.41) is 13.5. The number of amides is 2. The van der Waals surface area contributed by atoms with Crippen LogP contribution in [-0.4, -0.2) is 69.6 Å². The highest BCUT2D eigenvalue weighted by Gasteiger charge is 2.63. The first-order valence-corrected chi connectivity index (χ1v) is 8.46. The van der Waals surface area contributed by atoms with Crippen molar-refractivity contribution in [1.29, 1.82) is 0 Å². The molecule has 3 fully saturated rings. The number of hydrogen-bond donors (Lipinski definition) is 2. The summed E-state index contributed by atoms with van der Waals surface area (Å²) in [6, 6.07) is -0.479. The Morgan fingerprint density at radius 1 is 1.36 bits per heavy atom. The molecule has 0 radical (unpaired) electrons. The molecule has 1 spiro atoms. The van der Waals surface area contributed by atoms with E-state index in [9.17, 15) is 14.7 Å². The molecule has 0 aromatic rings. The van der Waals surface area contributed by atoms with Gasteiger partial charge in [0.2, 0.25) is 11.8 Å². The van der Waals surface area contributed by atoms with Crippen LogP contribution in [0.25, 0.3) is 0 Å². The molecule has 6 nitrogen and oxygen atoms in total. The van der Waals surface area contributed by atoms with E-state index in [4.69, 9.17) is 0 Å².